The highest BCUT2D eigenvalue weighted by Gasteiger charge is 2.27. The minimum atomic E-state index is 0. The molecular weight excluding hydrogens is 272 g/mol. The normalized spacial score (nSPS) is 18.0. The van der Waals surface area contributed by atoms with Crippen molar-refractivity contribution in [2.24, 2.45) is 5.92 Å². The van der Waals surface area contributed by atoms with Crippen LogP contribution in [0, 0.1) is 26.7 Å². The Balaban J connectivity index is 0.00000200. The summed E-state index contributed by atoms with van der Waals surface area (Å²) in [6.45, 7) is 8.91. The zero-order chi connectivity index (χ0) is 14.0. The fourth-order valence-corrected chi connectivity index (χ4v) is 3.15. The molecule has 112 valence electrons. The summed E-state index contributed by atoms with van der Waals surface area (Å²) >= 11 is 0. The first-order valence-corrected chi connectivity index (χ1v) is 7.04. The summed E-state index contributed by atoms with van der Waals surface area (Å²) in [4.78, 5) is 14.7. The maximum absolute atomic E-state index is 12.7. The molecule has 1 aromatic carbocycles. The molecule has 2 rings (SSSR count). The number of carbonyl (C=O) groups is 1. The third-order valence-corrected chi connectivity index (χ3v) is 3.96. The monoisotopic (exact) mass is 296 g/mol. The Labute approximate surface area is 128 Å². The predicted octanol–water partition coefficient (Wildman–Crippen LogP) is 2.72. The van der Waals surface area contributed by atoms with Gasteiger partial charge in [-0.1, -0.05) is 17.7 Å². The largest absolute Gasteiger partial charge is 0.338 e. The van der Waals surface area contributed by atoms with Gasteiger partial charge in [-0.05, 0) is 57.8 Å². The first-order chi connectivity index (χ1) is 9.02. The van der Waals surface area contributed by atoms with Gasteiger partial charge in [-0.15, -0.1) is 12.4 Å². The number of nitrogens with one attached hydrogen (secondary N) is 1. The molecule has 1 amide bonds. The van der Waals surface area contributed by atoms with Crippen LogP contribution < -0.4 is 5.32 Å². The lowest BCUT2D eigenvalue weighted by atomic mass is 9.99. The molecule has 1 unspecified atom stereocenters. The Bertz CT molecular complexity index is 464. The lowest BCUT2D eigenvalue weighted by Crippen LogP contribution is -2.31. The molecule has 20 heavy (non-hydrogen) atoms. The van der Waals surface area contributed by atoms with Crippen LogP contribution >= 0.6 is 12.4 Å². The van der Waals surface area contributed by atoms with Crippen molar-refractivity contribution in [3.63, 3.8) is 0 Å². The molecule has 0 radical (unpaired) electrons. The summed E-state index contributed by atoms with van der Waals surface area (Å²) < 4.78 is 0. The number of likely N-dealkylation sites (tertiary alicyclic amines) is 1. The number of hydrogen-bond acceptors (Lipinski definition) is 2. The van der Waals surface area contributed by atoms with Gasteiger partial charge in [0.05, 0.1) is 0 Å². The van der Waals surface area contributed by atoms with Crippen LogP contribution in [0.5, 0.6) is 0 Å². The van der Waals surface area contributed by atoms with Gasteiger partial charge in [0, 0.05) is 18.7 Å². The van der Waals surface area contributed by atoms with Gasteiger partial charge in [-0.25, -0.2) is 0 Å². The highest BCUT2D eigenvalue weighted by Crippen LogP contribution is 2.22. The molecule has 1 aliphatic rings. The summed E-state index contributed by atoms with van der Waals surface area (Å²) in [6, 6.07) is 4.20. The van der Waals surface area contributed by atoms with E-state index in [1.807, 2.05) is 25.8 Å². The molecule has 0 aliphatic carbocycles. The van der Waals surface area contributed by atoms with E-state index in [9.17, 15) is 4.79 Å². The van der Waals surface area contributed by atoms with Crippen molar-refractivity contribution in [1.29, 1.82) is 0 Å². The Morgan fingerprint density at radius 3 is 2.45 bits per heavy atom. The van der Waals surface area contributed by atoms with Crippen LogP contribution in [0.3, 0.4) is 0 Å². The smallest absolute Gasteiger partial charge is 0.254 e. The van der Waals surface area contributed by atoms with E-state index >= 15 is 0 Å². The summed E-state index contributed by atoms with van der Waals surface area (Å²) in [5.74, 6) is 0.800. The number of rotatable bonds is 3. The van der Waals surface area contributed by atoms with E-state index < -0.39 is 0 Å². The minimum Gasteiger partial charge on any atom is -0.338 e. The van der Waals surface area contributed by atoms with Gasteiger partial charge < -0.3 is 10.2 Å². The Kier molecular flexibility index (Phi) is 6.03. The molecule has 1 heterocycles. The molecule has 1 aliphatic heterocycles. The van der Waals surface area contributed by atoms with Gasteiger partial charge >= 0.3 is 0 Å². The van der Waals surface area contributed by atoms with E-state index in [0.717, 1.165) is 42.7 Å². The second-order valence-electron chi connectivity index (χ2n) is 5.74. The second-order valence-corrected chi connectivity index (χ2v) is 5.74. The number of aryl methyl sites for hydroxylation is 3. The predicted molar refractivity (Wildman–Crippen MR) is 85.8 cm³/mol. The lowest BCUT2D eigenvalue weighted by molar-refractivity contribution is 0.0786. The number of amides is 1. The van der Waals surface area contributed by atoms with Crippen molar-refractivity contribution in [3.05, 3.63) is 34.4 Å². The summed E-state index contributed by atoms with van der Waals surface area (Å²) in [6.07, 6.45) is 1.11. The summed E-state index contributed by atoms with van der Waals surface area (Å²) in [5, 5.41) is 3.20. The van der Waals surface area contributed by atoms with Crippen LogP contribution in [-0.4, -0.2) is 37.5 Å². The van der Waals surface area contributed by atoms with Gasteiger partial charge in [0.1, 0.15) is 0 Å². The molecule has 4 heteroatoms. The van der Waals surface area contributed by atoms with E-state index in [2.05, 4.69) is 24.4 Å². The number of halogens is 1. The quantitative estimate of drug-likeness (QED) is 0.930. The number of nitrogens with zero attached hydrogens (tertiary/aromatic N) is 1. The first-order valence-electron chi connectivity index (χ1n) is 7.04. The van der Waals surface area contributed by atoms with Crippen molar-refractivity contribution in [3.8, 4) is 0 Å². The summed E-state index contributed by atoms with van der Waals surface area (Å²) in [5.41, 5.74) is 4.32. The molecule has 0 spiro atoms. The van der Waals surface area contributed by atoms with Crippen LogP contribution in [0.25, 0.3) is 0 Å². The standard InChI is InChI=1S/C16H24N2O.ClH/c1-11-7-12(2)15(13(3)8-11)16(19)18-6-5-14(10-18)9-17-4;/h7-8,14,17H,5-6,9-10H2,1-4H3;1H. The van der Waals surface area contributed by atoms with Gasteiger partial charge in [0.25, 0.3) is 5.91 Å². The maximum Gasteiger partial charge on any atom is 0.254 e. The van der Waals surface area contributed by atoms with E-state index in [1.54, 1.807) is 0 Å². The fraction of sp³-hybridized carbons (Fsp3) is 0.562. The Morgan fingerprint density at radius 1 is 1.30 bits per heavy atom. The molecule has 1 fully saturated rings. The van der Waals surface area contributed by atoms with Gasteiger partial charge in [0.15, 0.2) is 0 Å². The van der Waals surface area contributed by atoms with Crippen LogP contribution in [0.1, 0.15) is 33.5 Å². The molecule has 0 aromatic heterocycles. The molecule has 1 aromatic rings. The number of carbonyl (C=O) groups excluding carboxylic acids is 1. The van der Waals surface area contributed by atoms with Gasteiger partial charge in [-0.3, -0.25) is 4.79 Å². The van der Waals surface area contributed by atoms with E-state index in [0.29, 0.717) is 5.92 Å². The Morgan fingerprint density at radius 2 is 1.90 bits per heavy atom. The highest BCUT2D eigenvalue weighted by atomic mass is 35.5. The van der Waals surface area contributed by atoms with Crippen LogP contribution in [-0.2, 0) is 0 Å². The number of benzene rings is 1. The number of hydrogen-bond donors (Lipinski definition) is 1. The topological polar surface area (TPSA) is 32.3 Å². The van der Waals surface area contributed by atoms with E-state index in [4.69, 9.17) is 0 Å². The average Bonchev–Trinajstić information content (AvgIpc) is 2.76. The van der Waals surface area contributed by atoms with Gasteiger partial charge in [0.2, 0.25) is 0 Å². The zero-order valence-electron chi connectivity index (χ0n) is 12.8. The molecule has 0 bridgehead atoms. The van der Waals surface area contributed by atoms with Crippen molar-refractivity contribution in [2.75, 3.05) is 26.7 Å². The second kappa shape index (κ2) is 7.09. The molecule has 0 saturated carbocycles. The van der Waals surface area contributed by atoms with Gasteiger partial charge in [-0.2, -0.15) is 0 Å². The first kappa shape index (κ1) is 17.0. The average molecular weight is 297 g/mol. The SMILES string of the molecule is CNCC1CCN(C(=O)c2c(C)cc(C)cc2C)C1.Cl. The minimum absolute atomic E-state index is 0. The highest BCUT2D eigenvalue weighted by molar-refractivity contribution is 5.97. The van der Waals surface area contributed by atoms with E-state index in [-0.39, 0.29) is 18.3 Å². The maximum atomic E-state index is 12.7. The van der Waals surface area contributed by atoms with Crippen molar-refractivity contribution >= 4 is 18.3 Å². The molecule has 1 atom stereocenters. The third kappa shape index (κ3) is 3.53. The zero-order valence-corrected chi connectivity index (χ0v) is 13.6. The molecular formula is C16H25ClN2O. The van der Waals surface area contributed by atoms with Crippen LogP contribution in [0.2, 0.25) is 0 Å². The molecule has 1 N–H and O–H groups in total. The van der Waals surface area contributed by atoms with Crippen LogP contribution in [0.15, 0.2) is 12.1 Å². The summed E-state index contributed by atoms with van der Waals surface area (Å²) in [7, 11) is 1.97. The molecule has 1 saturated heterocycles. The third-order valence-electron chi connectivity index (χ3n) is 3.96. The fourth-order valence-electron chi connectivity index (χ4n) is 3.15. The Hall–Kier alpha value is -1.06. The lowest BCUT2D eigenvalue weighted by Gasteiger charge is -2.19. The van der Waals surface area contributed by atoms with Crippen molar-refractivity contribution < 1.29 is 4.79 Å². The van der Waals surface area contributed by atoms with Crippen molar-refractivity contribution in [1.82, 2.24) is 10.2 Å². The molecule has 3 nitrogen and oxygen atoms in total. The van der Waals surface area contributed by atoms with Crippen molar-refractivity contribution in [2.45, 2.75) is 27.2 Å². The van der Waals surface area contributed by atoms with E-state index in [1.165, 1.54) is 5.56 Å². The van der Waals surface area contributed by atoms with Crippen LogP contribution in [0.4, 0.5) is 0 Å².